The van der Waals surface area contributed by atoms with Gasteiger partial charge >= 0.3 is 0 Å². The van der Waals surface area contributed by atoms with E-state index >= 15 is 0 Å². The summed E-state index contributed by atoms with van der Waals surface area (Å²) in [7, 11) is 0. The molecule has 1 N–H and O–H groups in total. The molecule has 0 heterocycles. The van der Waals surface area contributed by atoms with E-state index in [0.717, 1.165) is 38.5 Å². The van der Waals surface area contributed by atoms with E-state index in [9.17, 15) is 0 Å². The molecule has 5 unspecified atom stereocenters. The van der Waals surface area contributed by atoms with Gasteiger partial charge in [-0.1, -0.05) is 129 Å². The summed E-state index contributed by atoms with van der Waals surface area (Å²) in [6, 6.07) is 0. The predicted molar refractivity (Wildman–Crippen MR) is 173 cm³/mol. The molecular formula is C39H47N. The molecule has 0 aromatic heterocycles. The molecule has 5 atom stereocenters. The van der Waals surface area contributed by atoms with Crippen molar-refractivity contribution in [1.82, 2.24) is 0 Å². The summed E-state index contributed by atoms with van der Waals surface area (Å²) in [5.41, 5.74) is 9.11. The predicted octanol–water partition coefficient (Wildman–Crippen LogP) is 10.7. The number of allylic oxidation sites excluding steroid dienone is 22. The molecule has 0 saturated heterocycles. The second-order valence-corrected chi connectivity index (χ2v) is 11.9. The zero-order valence-electron chi connectivity index (χ0n) is 24.6. The largest absolute Gasteiger partial charge is 0.312 e. The summed E-state index contributed by atoms with van der Waals surface area (Å²) < 4.78 is 0. The molecule has 208 valence electrons. The van der Waals surface area contributed by atoms with Gasteiger partial charge in [-0.2, -0.15) is 0 Å². The zero-order chi connectivity index (χ0) is 27.7. The molecule has 5 aliphatic carbocycles. The van der Waals surface area contributed by atoms with Crippen LogP contribution >= 0.6 is 0 Å². The van der Waals surface area contributed by atoms with Gasteiger partial charge in [-0.25, -0.2) is 0 Å². The third-order valence-corrected chi connectivity index (χ3v) is 9.48. The van der Waals surface area contributed by atoms with E-state index in [1.807, 2.05) is 0 Å². The Labute approximate surface area is 243 Å². The van der Waals surface area contributed by atoms with E-state index in [4.69, 9.17) is 5.41 Å². The third-order valence-electron chi connectivity index (χ3n) is 9.48. The van der Waals surface area contributed by atoms with Crippen LogP contribution in [-0.4, -0.2) is 6.21 Å². The lowest BCUT2D eigenvalue weighted by molar-refractivity contribution is 0.465. The fraction of sp³-hybridized carbons (Fsp3) is 0.410. The monoisotopic (exact) mass is 529 g/mol. The molecule has 0 saturated carbocycles. The summed E-state index contributed by atoms with van der Waals surface area (Å²) >= 11 is 0. The van der Waals surface area contributed by atoms with Crippen molar-refractivity contribution < 1.29 is 0 Å². The van der Waals surface area contributed by atoms with Crippen molar-refractivity contribution in [3.8, 4) is 0 Å². The van der Waals surface area contributed by atoms with Crippen molar-refractivity contribution in [2.24, 2.45) is 29.6 Å². The lowest BCUT2D eigenvalue weighted by atomic mass is 9.70. The maximum Gasteiger partial charge on any atom is 0.0179 e. The lowest BCUT2D eigenvalue weighted by Gasteiger charge is -2.35. The molecule has 1 nitrogen and oxygen atoms in total. The molecule has 40 heavy (non-hydrogen) atoms. The highest BCUT2D eigenvalue weighted by Crippen LogP contribution is 2.45. The summed E-state index contributed by atoms with van der Waals surface area (Å²) in [5.74, 6) is 2.24. The summed E-state index contributed by atoms with van der Waals surface area (Å²) in [6.45, 7) is 4.48. The summed E-state index contributed by atoms with van der Waals surface area (Å²) in [5, 5.41) is 8.06. The Hall–Kier alpha value is -3.19. The Bertz CT molecular complexity index is 1280. The van der Waals surface area contributed by atoms with Crippen molar-refractivity contribution >= 4 is 6.21 Å². The van der Waals surface area contributed by atoms with Crippen LogP contribution < -0.4 is 0 Å². The highest BCUT2D eigenvalue weighted by molar-refractivity contribution is 5.62. The average molecular weight is 530 g/mol. The van der Waals surface area contributed by atoms with Gasteiger partial charge in [0.05, 0.1) is 0 Å². The van der Waals surface area contributed by atoms with E-state index in [1.54, 1.807) is 17.4 Å². The maximum atomic E-state index is 8.06. The first-order valence-corrected chi connectivity index (χ1v) is 15.8. The van der Waals surface area contributed by atoms with E-state index in [0.29, 0.717) is 23.7 Å². The Morgan fingerprint density at radius 2 is 1.68 bits per heavy atom. The van der Waals surface area contributed by atoms with Crippen LogP contribution in [-0.2, 0) is 0 Å². The van der Waals surface area contributed by atoms with E-state index in [2.05, 4.69) is 111 Å². The smallest absolute Gasteiger partial charge is 0.0179 e. The van der Waals surface area contributed by atoms with Gasteiger partial charge in [0.2, 0.25) is 0 Å². The van der Waals surface area contributed by atoms with Crippen molar-refractivity contribution in [3.63, 3.8) is 0 Å². The van der Waals surface area contributed by atoms with Gasteiger partial charge in [0.25, 0.3) is 0 Å². The van der Waals surface area contributed by atoms with Crippen LogP contribution in [0.3, 0.4) is 0 Å². The first kappa shape index (κ1) is 28.3. The van der Waals surface area contributed by atoms with Crippen LogP contribution in [0, 0.1) is 35.0 Å². The summed E-state index contributed by atoms with van der Waals surface area (Å²) in [4.78, 5) is 0. The van der Waals surface area contributed by atoms with Crippen LogP contribution in [0.2, 0.25) is 0 Å². The van der Waals surface area contributed by atoms with Crippen LogP contribution in [0.5, 0.6) is 0 Å². The van der Waals surface area contributed by atoms with Crippen molar-refractivity contribution in [2.75, 3.05) is 0 Å². The number of rotatable bonds is 11. The Morgan fingerprint density at radius 3 is 2.48 bits per heavy atom. The molecule has 0 fully saturated rings. The Morgan fingerprint density at radius 1 is 0.900 bits per heavy atom. The first-order valence-electron chi connectivity index (χ1n) is 15.8. The maximum absolute atomic E-state index is 8.06. The first-order chi connectivity index (χ1) is 19.7. The van der Waals surface area contributed by atoms with E-state index in [1.165, 1.54) is 41.6 Å². The molecule has 1 heteroatoms. The molecule has 0 amide bonds. The van der Waals surface area contributed by atoms with Crippen molar-refractivity contribution in [2.45, 2.75) is 71.6 Å². The molecule has 0 spiro atoms. The fourth-order valence-corrected chi connectivity index (χ4v) is 7.17. The van der Waals surface area contributed by atoms with Crippen LogP contribution in [0.4, 0.5) is 0 Å². The minimum Gasteiger partial charge on any atom is -0.312 e. The normalized spacial score (nSPS) is 28.2. The summed E-state index contributed by atoms with van der Waals surface area (Å²) in [6.07, 6.45) is 49.3. The molecule has 0 aromatic rings. The van der Waals surface area contributed by atoms with Gasteiger partial charge in [0.1, 0.15) is 0 Å². The van der Waals surface area contributed by atoms with Crippen LogP contribution in [0.1, 0.15) is 71.6 Å². The molecule has 0 aromatic carbocycles. The quantitative estimate of drug-likeness (QED) is 0.156. The Balaban J connectivity index is 1.29. The van der Waals surface area contributed by atoms with Gasteiger partial charge < -0.3 is 5.41 Å². The Kier molecular flexibility index (Phi) is 9.87. The highest BCUT2D eigenvalue weighted by Gasteiger charge is 2.31. The van der Waals surface area contributed by atoms with Gasteiger partial charge in [0, 0.05) is 29.9 Å². The molecule has 0 bridgehead atoms. The number of hydrogen-bond donors (Lipinski definition) is 1. The second-order valence-electron chi connectivity index (χ2n) is 11.9. The van der Waals surface area contributed by atoms with Crippen molar-refractivity contribution in [3.05, 3.63) is 131 Å². The number of nitrogens with one attached hydrogen (secondary N) is 1. The minimum atomic E-state index is 0.243. The molecule has 5 rings (SSSR count). The highest BCUT2D eigenvalue weighted by atomic mass is 14.4. The van der Waals surface area contributed by atoms with E-state index in [-0.39, 0.29) is 5.92 Å². The van der Waals surface area contributed by atoms with Crippen molar-refractivity contribution in [1.29, 1.82) is 5.41 Å². The molecule has 0 aliphatic heterocycles. The minimum absolute atomic E-state index is 0.243. The van der Waals surface area contributed by atoms with Gasteiger partial charge in [0.15, 0.2) is 0 Å². The molecular weight excluding hydrogens is 482 g/mol. The average Bonchev–Trinajstić information content (AvgIpc) is 3.02. The lowest BCUT2D eigenvalue weighted by Crippen LogP contribution is -2.22. The standard InChI is InChI=1S/C39H47N/c1-3-5-6-13-29(4-2)34(28-40)17-11-15-31-26-27-38(39-20-10-9-19-37(31)39)33-24-22-32(23-25-33)36-21-12-16-30-14-7-8-18-35(30)36/h7-16,18-22,24,28,30-31,34-35,37,40H,3-6,17,23,25-27H2,1-2H3/b15-11+,29-13+,40-28?. The number of unbranched alkanes of at least 4 members (excludes halogenated alkanes) is 2. The third kappa shape index (κ3) is 6.41. The number of fused-ring (bicyclic) bond motifs is 2. The molecule has 0 radical (unpaired) electrons. The zero-order valence-corrected chi connectivity index (χ0v) is 24.6. The SMILES string of the molecule is CCCC/C=C(\CC)C(C=N)C/C=C/C1CCC(C2=CC=C(C3=CC=CC4C=CC=CC34)CC2)=C2C=CC=CC21. The van der Waals surface area contributed by atoms with Crippen LogP contribution in [0.25, 0.3) is 0 Å². The topological polar surface area (TPSA) is 23.9 Å². The molecule has 5 aliphatic rings. The number of hydrogen-bond acceptors (Lipinski definition) is 1. The fourth-order valence-electron chi connectivity index (χ4n) is 7.17. The van der Waals surface area contributed by atoms with E-state index < -0.39 is 0 Å². The van der Waals surface area contributed by atoms with Gasteiger partial charge in [-0.3, -0.25) is 0 Å². The second kappa shape index (κ2) is 13.9. The van der Waals surface area contributed by atoms with Crippen LogP contribution in [0.15, 0.2) is 131 Å². The van der Waals surface area contributed by atoms with Gasteiger partial charge in [-0.15, -0.1) is 0 Å². The van der Waals surface area contributed by atoms with Gasteiger partial charge in [-0.05, 0) is 78.7 Å².